The second-order valence-electron chi connectivity index (χ2n) is 13.3. The number of aryl methyl sites for hydroxylation is 1. The minimum Gasteiger partial charge on any atom is -0.477 e. The van der Waals surface area contributed by atoms with Gasteiger partial charge in [-0.2, -0.15) is 0 Å². The zero-order valence-corrected chi connectivity index (χ0v) is 28.4. The fourth-order valence-corrected chi connectivity index (χ4v) is 8.45. The number of aromatic carboxylic acids is 1. The van der Waals surface area contributed by atoms with E-state index in [-0.39, 0.29) is 46.5 Å². The van der Waals surface area contributed by atoms with Crippen molar-refractivity contribution in [3.63, 3.8) is 0 Å². The molecule has 0 amide bonds. The van der Waals surface area contributed by atoms with Crippen molar-refractivity contribution < 1.29 is 28.6 Å². The molecule has 1 saturated heterocycles. The Labute approximate surface area is 257 Å². The maximum Gasteiger partial charge on any atom is 0.345 e. The van der Waals surface area contributed by atoms with Gasteiger partial charge in [-0.05, 0) is 107 Å². The maximum atomic E-state index is 12.9. The molecular formula is C32H51ClO6SSi. The largest absolute Gasteiger partial charge is 0.477 e. The molecule has 2 heterocycles. The fraction of sp³-hybridized carbons (Fsp3) is 0.750. The summed E-state index contributed by atoms with van der Waals surface area (Å²) in [5.41, 5.74) is 0. The molecule has 1 N–H and O–H groups in total. The Balaban J connectivity index is 1.57. The molecule has 1 aromatic heterocycles. The number of carboxylic acid groups (broad SMARTS) is 1. The number of allylic oxidation sites excluding steroid dienone is 1. The van der Waals surface area contributed by atoms with Gasteiger partial charge in [-0.1, -0.05) is 26.8 Å². The molecule has 1 aromatic rings. The van der Waals surface area contributed by atoms with Gasteiger partial charge in [0.05, 0.1) is 6.10 Å². The summed E-state index contributed by atoms with van der Waals surface area (Å²) >= 11 is 8.24. The van der Waals surface area contributed by atoms with E-state index in [0.29, 0.717) is 11.3 Å². The Hall–Kier alpha value is -1.03. The van der Waals surface area contributed by atoms with Crippen molar-refractivity contribution in [2.45, 2.75) is 134 Å². The third-order valence-corrected chi connectivity index (χ3v) is 15.2. The average Bonchev–Trinajstić information content (AvgIpc) is 3.47. The summed E-state index contributed by atoms with van der Waals surface area (Å²) in [7, 11) is -1.82. The summed E-state index contributed by atoms with van der Waals surface area (Å²) < 4.78 is 18.8. The van der Waals surface area contributed by atoms with E-state index >= 15 is 0 Å². The van der Waals surface area contributed by atoms with Gasteiger partial charge in [0.2, 0.25) is 0 Å². The van der Waals surface area contributed by atoms with Crippen LogP contribution in [0.2, 0.25) is 18.1 Å². The molecule has 41 heavy (non-hydrogen) atoms. The molecule has 2 fully saturated rings. The lowest BCUT2D eigenvalue weighted by Crippen LogP contribution is -2.43. The van der Waals surface area contributed by atoms with Crippen LogP contribution in [-0.4, -0.2) is 55.7 Å². The van der Waals surface area contributed by atoms with Gasteiger partial charge in [-0.15, -0.1) is 22.9 Å². The van der Waals surface area contributed by atoms with Gasteiger partial charge in [0.15, 0.2) is 20.4 Å². The molecule has 0 aromatic carbocycles. The summed E-state index contributed by atoms with van der Waals surface area (Å²) in [6.07, 6.45) is 12.3. The van der Waals surface area contributed by atoms with Crippen LogP contribution < -0.4 is 0 Å². The van der Waals surface area contributed by atoms with Crippen molar-refractivity contribution in [1.82, 2.24) is 0 Å². The van der Waals surface area contributed by atoms with Gasteiger partial charge in [0, 0.05) is 35.3 Å². The molecule has 2 aliphatic rings. The molecule has 9 heteroatoms. The smallest absolute Gasteiger partial charge is 0.345 e. The standard InChI is InChI=1S/C32H51ClO6SSi/c1-22(39-41(5,6)32(2,3)4)11-9-12-23(34)16-18-26-25(14-10-13-24-17-19-29(40-24)31(35)36)27(33)21-28(26)38-30-15-7-8-20-37-30/h16-19,22,25-28,30H,7-15,20-21H2,1-6H3,(H,35,36)/t22-,25+,26+,27+,28+,30?/m0/s1. The zero-order chi connectivity index (χ0) is 30.2. The Morgan fingerprint density at radius 3 is 2.63 bits per heavy atom. The van der Waals surface area contributed by atoms with Crippen LogP contribution in [0, 0.1) is 11.8 Å². The van der Waals surface area contributed by atoms with E-state index in [9.17, 15) is 14.7 Å². The third kappa shape index (κ3) is 10.6. The molecule has 6 nitrogen and oxygen atoms in total. The number of halogens is 1. The summed E-state index contributed by atoms with van der Waals surface area (Å²) in [6.45, 7) is 14.1. The number of thiophene rings is 1. The quantitative estimate of drug-likeness (QED) is 0.119. The van der Waals surface area contributed by atoms with Crippen LogP contribution in [0.25, 0.3) is 0 Å². The van der Waals surface area contributed by atoms with Crippen LogP contribution >= 0.6 is 22.9 Å². The van der Waals surface area contributed by atoms with Gasteiger partial charge < -0.3 is 19.0 Å². The number of carboxylic acids is 1. The van der Waals surface area contributed by atoms with Crippen molar-refractivity contribution in [2.75, 3.05) is 6.61 Å². The summed E-state index contributed by atoms with van der Waals surface area (Å²) in [5.74, 6) is -0.513. The first-order chi connectivity index (χ1) is 19.3. The number of hydrogen-bond donors (Lipinski definition) is 1. The number of ketones is 1. The minimum atomic E-state index is -1.82. The van der Waals surface area contributed by atoms with E-state index < -0.39 is 14.3 Å². The molecule has 0 spiro atoms. The van der Waals surface area contributed by atoms with Gasteiger partial charge in [0.1, 0.15) is 4.88 Å². The highest BCUT2D eigenvalue weighted by Gasteiger charge is 2.43. The number of carbonyl (C=O) groups excluding carboxylic acids is 1. The van der Waals surface area contributed by atoms with Crippen molar-refractivity contribution in [2.24, 2.45) is 11.8 Å². The Bertz CT molecular complexity index is 1010. The molecule has 1 unspecified atom stereocenters. The lowest BCUT2D eigenvalue weighted by molar-refractivity contribution is -0.192. The van der Waals surface area contributed by atoms with E-state index in [4.69, 9.17) is 25.5 Å². The van der Waals surface area contributed by atoms with Crippen LogP contribution in [0.3, 0.4) is 0 Å². The van der Waals surface area contributed by atoms with Crippen LogP contribution in [-0.2, 0) is 25.1 Å². The summed E-state index contributed by atoms with van der Waals surface area (Å²) in [4.78, 5) is 25.6. The van der Waals surface area contributed by atoms with Crippen molar-refractivity contribution in [3.8, 4) is 0 Å². The molecule has 0 bridgehead atoms. The second kappa shape index (κ2) is 15.6. The van der Waals surface area contributed by atoms with Crippen molar-refractivity contribution in [1.29, 1.82) is 0 Å². The number of hydrogen-bond acceptors (Lipinski definition) is 6. The minimum absolute atomic E-state index is 0.0420. The molecule has 6 atom stereocenters. The van der Waals surface area contributed by atoms with Crippen LogP contribution in [0.4, 0.5) is 0 Å². The molecule has 232 valence electrons. The molecule has 1 aliphatic carbocycles. The highest BCUT2D eigenvalue weighted by atomic mass is 35.5. The molecule has 1 saturated carbocycles. The Morgan fingerprint density at radius 1 is 1.24 bits per heavy atom. The first-order valence-corrected chi connectivity index (χ1v) is 19.5. The van der Waals surface area contributed by atoms with E-state index in [2.05, 4.69) is 40.8 Å². The highest BCUT2D eigenvalue weighted by Crippen LogP contribution is 2.43. The highest BCUT2D eigenvalue weighted by molar-refractivity contribution is 7.13. The average molecular weight is 627 g/mol. The van der Waals surface area contributed by atoms with Gasteiger partial charge in [-0.25, -0.2) is 4.79 Å². The first-order valence-electron chi connectivity index (χ1n) is 15.4. The lowest BCUT2D eigenvalue weighted by atomic mass is 9.89. The normalized spacial score (nSPS) is 26.5. The topological polar surface area (TPSA) is 82.1 Å². The van der Waals surface area contributed by atoms with Gasteiger partial charge in [-0.3, -0.25) is 4.79 Å². The van der Waals surface area contributed by atoms with E-state index in [1.165, 1.54) is 11.3 Å². The van der Waals surface area contributed by atoms with Crippen molar-refractivity contribution >= 4 is 43.0 Å². The molecule has 0 radical (unpaired) electrons. The van der Waals surface area contributed by atoms with E-state index in [0.717, 1.165) is 69.3 Å². The molecule has 1 aliphatic heterocycles. The Morgan fingerprint density at radius 2 is 2.00 bits per heavy atom. The first kappa shape index (κ1) is 34.5. The zero-order valence-electron chi connectivity index (χ0n) is 25.8. The Kier molecular flexibility index (Phi) is 13.1. The number of alkyl halides is 1. The third-order valence-electron chi connectivity index (χ3n) is 8.98. The monoisotopic (exact) mass is 626 g/mol. The van der Waals surface area contributed by atoms with Crippen LogP contribution in [0.5, 0.6) is 0 Å². The predicted octanol–water partition coefficient (Wildman–Crippen LogP) is 8.63. The van der Waals surface area contributed by atoms with Gasteiger partial charge >= 0.3 is 5.97 Å². The van der Waals surface area contributed by atoms with Gasteiger partial charge in [0.25, 0.3) is 0 Å². The molecule has 3 rings (SSSR count). The SMILES string of the molecule is C[C@@H](CCCC(=O)C=C[C@@H]1[C@@H](CCCc2ccc(C(=O)O)s2)[C@H](Cl)C[C@H]1OC1CCCCO1)O[Si](C)(C)C(C)(C)C. The summed E-state index contributed by atoms with van der Waals surface area (Å²) in [5, 5.41) is 9.35. The second-order valence-corrected chi connectivity index (χ2v) is 19.8. The number of rotatable bonds is 15. The predicted molar refractivity (Wildman–Crippen MR) is 170 cm³/mol. The maximum absolute atomic E-state index is 12.9. The van der Waals surface area contributed by atoms with Crippen LogP contribution in [0.1, 0.15) is 100 Å². The van der Waals surface area contributed by atoms with Crippen molar-refractivity contribution in [3.05, 3.63) is 34.0 Å². The van der Waals surface area contributed by atoms with E-state index in [1.54, 1.807) is 12.1 Å². The van der Waals surface area contributed by atoms with E-state index in [1.807, 2.05) is 12.1 Å². The number of ether oxygens (including phenoxy) is 2. The lowest BCUT2D eigenvalue weighted by Gasteiger charge is -2.38. The molecular weight excluding hydrogens is 576 g/mol. The summed E-state index contributed by atoms with van der Waals surface area (Å²) in [6, 6.07) is 3.58. The fourth-order valence-electron chi connectivity index (χ4n) is 5.61. The van der Waals surface area contributed by atoms with Crippen LogP contribution in [0.15, 0.2) is 24.3 Å². The number of carbonyl (C=O) groups is 2.